The lowest BCUT2D eigenvalue weighted by Crippen LogP contribution is -2.15. The fourth-order valence-electron chi connectivity index (χ4n) is 6.50. The van der Waals surface area contributed by atoms with E-state index < -0.39 is 0 Å². The van der Waals surface area contributed by atoms with Crippen LogP contribution in [0.4, 0.5) is 11.4 Å². The Morgan fingerprint density at radius 3 is 1.90 bits per heavy atom. The Labute approximate surface area is 298 Å². The van der Waals surface area contributed by atoms with E-state index in [-0.39, 0.29) is 0 Å². The minimum atomic E-state index is 0.734. The fraction of sp³-hybridized carbons (Fsp3) is 0.0909. The number of aromatic nitrogens is 6. The van der Waals surface area contributed by atoms with Crippen LogP contribution in [0.25, 0.3) is 57.2 Å². The Hall–Kier alpha value is -6.60. The molecule has 51 heavy (non-hydrogen) atoms. The molecule has 0 saturated carbocycles. The third-order valence-corrected chi connectivity index (χ3v) is 8.83. The third-order valence-electron chi connectivity index (χ3n) is 8.83. The second-order valence-electron chi connectivity index (χ2n) is 11.9. The molecule has 0 N–H and O–H groups in total. The molecule has 0 spiro atoms. The number of rotatable bonds is 11. The van der Waals surface area contributed by atoms with Gasteiger partial charge in [0.15, 0.2) is 11.6 Å². The summed E-state index contributed by atoms with van der Waals surface area (Å²) in [6, 6.07) is 33.6. The fourth-order valence-corrected chi connectivity index (χ4v) is 6.50. The molecule has 0 aliphatic heterocycles. The molecule has 7 rings (SSSR count). The molecular formula is C44H39N7. The number of fused-ring (bicyclic) bond motifs is 1. The Morgan fingerprint density at radius 1 is 0.706 bits per heavy atom. The van der Waals surface area contributed by atoms with Crippen molar-refractivity contribution in [1.29, 1.82) is 0 Å². The van der Waals surface area contributed by atoms with Gasteiger partial charge in [-0.2, -0.15) is 0 Å². The Bertz CT molecular complexity index is 2360. The second-order valence-corrected chi connectivity index (χ2v) is 11.9. The van der Waals surface area contributed by atoms with Gasteiger partial charge in [-0.3, -0.25) is 14.5 Å². The van der Waals surface area contributed by atoms with Crippen molar-refractivity contribution in [2.75, 3.05) is 4.90 Å². The number of para-hydroxylation sites is 1. The van der Waals surface area contributed by atoms with Gasteiger partial charge in [-0.1, -0.05) is 56.0 Å². The standard InChI is InChI=1S/C44H39N7/c1-5-9-14-41-39(8-4)40-13-10-11-15-42(40)50(41)37-22-20-36(21-23-37)49(34(7-3)12-6-2)35-18-16-32(17-19-35)43-47-48-44(33-24-28-45-29-25-33)51(43)38-26-30-46-31-27-38/h6-31H,4-5H2,1-3H3/b12-6-,14-9-,34-7+. The molecule has 4 aromatic heterocycles. The molecule has 7 aromatic rings. The molecular weight excluding hydrogens is 627 g/mol. The van der Waals surface area contributed by atoms with E-state index in [1.165, 1.54) is 5.39 Å². The van der Waals surface area contributed by atoms with Gasteiger partial charge in [0.25, 0.3) is 0 Å². The van der Waals surface area contributed by atoms with Crippen LogP contribution in [0, 0.1) is 0 Å². The third kappa shape index (κ3) is 6.33. The molecule has 0 amide bonds. The SMILES string of the molecule is C=Cc1c(/C=C\CC)n(-c2ccc(N(C(/C=C\C)=C/C)c3ccc(-c4nnc(-c5ccncc5)n4-c4ccncc4)cc3)cc2)c2ccccc12. The van der Waals surface area contributed by atoms with E-state index in [1.54, 1.807) is 24.8 Å². The zero-order chi connectivity index (χ0) is 35.2. The van der Waals surface area contributed by atoms with Crippen molar-refractivity contribution in [3.63, 3.8) is 0 Å². The largest absolute Gasteiger partial charge is 0.311 e. The molecule has 250 valence electrons. The first kappa shape index (κ1) is 32.9. The van der Waals surface area contributed by atoms with Gasteiger partial charge in [-0.25, -0.2) is 0 Å². The lowest BCUT2D eigenvalue weighted by atomic mass is 10.1. The average Bonchev–Trinajstić information content (AvgIpc) is 3.78. The van der Waals surface area contributed by atoms with Crippen LogP contribution in [0.5, 0.6) is 0 Å². The van der Waals surface area contributed by atoms with Crippen molar-refractivity contribution in [2.45, 2.75) is 27.2 Å². The number of pyridine rings is 2. The highest BCUT2D eigenvalue weighted by Crippen LogP contribution is 2.36. The molecule has 0 unspecified atom stereocenters. The molecule has 0 bridgehead atoms. The molecule has 0 aliphatic rings. The zero-order valence-electron chi connectivity index (χ0n) is 29.1. The van der Waals surface area contributed by atoms with E-state index in [9.17, 15) is 0 Å². The van der Waals surface area contributed by atoms with Gasteiger partial charge in [-0.05, 0) is 111 Å². The molecule has 0 radical (unpaired) electrons. The van der Waals surface area contributed by atoms with Gasteiger partial charge in [0, 0.05) is 69.6 Å². The number of nitrogens with zero attached hydrogens (tertiary/aromatic N) is 7. The Balaban J connectivity index is 1.30. The van der Waals surface area contributed by atoms with Gasteiger partial charge in [0.05, 0.1) is 16.9 Å². The monoisotopic (exact) mass is 665 g/mol. The van der Waals surface area contributed by atoms with Crippen molar-refractivity contribution in [2.24, 2.45) is 0 Å². The predicted molar refractivity (Wildman–Crippen MR) is 211 cm³/mol. The van der Waals surface area contributed by atoms with E-state index in [0.717, 1.165) is 74.4 Å². The molecule has 0 atom stereocenters. The predicted octanol–water partition coefficient (Wildman–Crippen LogP) is 11.0. The average molecular weight is 666 g/mol. The van der Waals surface area contributed by atoms with E-state index in [0.29, 0.717) is 0 Å². The summed E-state index contributed by atoms with van der Waals surface area (Å²) < 4.78 is 4.38. The molecule has 3 aromatic carbocycles. The maximum absolute atomic E-state index is 4.67. The van der Waals surface area contributed by atoms with Gasteiger partial charge in [-0.15, -0.1) is 10.2 Å². The van der Waals surface area contributed by atoms with E-state index in [4.69, 9.17) is 0 Å². The Morgan fingerprint density at radius 2 is 1.29 bits per heavy atom. The molecule has 0 saturated heterocycles. The van der Waals surface area contributed by atoms with Gasteiger partial charge < -0.3 is 9.47 Å². The second kappa shape index (κ2) is 14.9. The summed E-state index contributed by atoms with van der Waals surface area (Å²) in [5, 5.41) is 10.5. The summed E-state index contributed by atoms with van der Waals surface area (Å²) in [4.78, 5) is 10.7. The Kier molecular flexibility index (Phi) is 9.61. The minimum absolute atomic E-state index is 0.734. The van der Waals surface area contributed by atoms with E-state index >= 15 is 0 Å². The van der Waals surface area contributed by atoms with Gasteiger partial charge in [0.1, 0.15) is 0 Å². The van der Waals surface area contributed by atoms with Crippen LogP contribution in [-0.2, 0) is 0 Å². The zero-order valence-corrected chi connectivity index (χ0v) is 29.1. The quantitative estimate of drug-likeness (QED) is 0.129. The van der Waals surface area contributed by atoms with Crippen LogP contribution in [0.3, 0.4) is 0 Å². The summed E-state index contributed by atoms with van der Waals surface area (Å²) in [7, 11) is 0. The van der Waals surface area contributed by atoms with E-state index in [2.05, 4.69) is 158 Å². The van der Waals surface area contributed by atoms with Crippen molar-refractivity contribution in [3.8, 4) is 34.2 Å². The van der Waals surface area contributed by atoms with Crippen molar-refractivity contribution < 1.29 is 0 Å². The normalized spacial score (nSPS) is 11.9. The van der Waals surface area contributed by atoms with Crippen molar-refractivity contribution >= 4 is 34.4 Å². The number of hydrogen-bond donors (Lipinski definition) is 0. The summed E-state index contributed by atoms with van der Waals surface area (Å²) in [6.07, 6.45) is 20.7. The number of benzene rings is 3. The first-order chi connectivity index (χ1) is 25.2. The molecule has 7 heteroatoms. The lowest BCUT2D eigenvalue weighted by Gasteiger charge is -2.27. The highest BCUT2D eigenvalue weighted by Gasteiger charge is 2.20. The van der Waals surface area contributed by atoms with Crippen LogP contribution in [-0.4, -0.2) is 29.3 Å². The van der Waals surface area contributed by atoms with Crippen molar-refractivity contribution in [3.05, 3.63) is 170 Å². The maximum atomic E-state index is 4.67. The van der Waals surface area contributed by atoms with Crippen LogP contribution in [0.2, 0.25) is 0 Å². The smallest absolute Gasteiger partial charge is 0.168 e. The molecule has 4 heterocycles. The summed E-state index contributed by atoms with van der Waals surface area (Å²) in [5.41, 5.74) is 10.4. The first-order valence-corrected chi connectivity index (χ1v) is 17.2. The number of hydrogen-bond acceptors (Lipinski definition) is 5. The summed E-state index contributed by atoms with van der Waals surface area (Å²) in [6.45, 7) is 10.4. The van der Waals surface area contributed by atoms with E-state index in [1.807, 2.05) is 37.3 Å². The lowest BCUT2D eigenvalue weighted by molar-refractivity contribution is 1.06. The summed E-state index contributed by atoms with van der Waals surface area (Å²) >= 11 is 0. The highest BCUT2D eigenvalue weighted by molar-refractivity contribution is 5.95. The van der Waals surface area contributed by atoms with Gasteiger partial charge in [0.2, 0.25) is 0 Å². The van der Waals surface area contributed by atoms with Crippen LogP contribution in [0.15, 0.2) is 158 Å². The van der Waals surface area contributed by atoms with Gasteiger partial charge >= 0.3 is 0 Å². The minimum Gasteiger partial charge on any atom is -0.311 e. The number of allylic oxidation sites excluding steroid dienone is 4. The van der Waals surface area contributed by atoms with Crippen LogP contribution >= 0.6 is 0 Å². The molecule has 0 fully saturated rings. The first-order valence-electron chi connectivity index (χ1n) is 17.2. The molecule has 0 aliphatic carbocycles. The topological polar surface area (TPSA) is 64.7 Å². The van der Waals surface area contributed by atoms with Crippen LogP contribution in [0.1, 0.15) is 38.4 Å². The van der Waals surface area contributed by atoms with Crippen LogP contribution < -0.4 is 4.90 Å². The number of anilines is 2. The molecule has 7 nitrogen and oxygen atoms in total. The summed E-state index contributed by atoms with van der Waals surface area (Å²) in [5.74, 6) is 1.47. The highest BCUT2D eigenvalue weighted by atomic mass is 15.3. The maximum Gasteiger partial charge on any atom is 0.168 e. The van der Waals surface area contributed by atoms with Crippen molar-refractivity contribution in [1.82, 2.24) is 29.3 Å².